The van der Waals surface area contributed by atoms with E-state index in [1.54, 1.807) is 31.0 Å². The molecule has 0 fully saturated rings. The predicted molar refractivity (Wildman–Crippen MR) is 121 cm³/mol. The summed E-state index contributed by atoms with van der Waals surface area (Å²) in [5, 5.41) is 0. The van der Waals surface area contributed by atoms with E-state index in [4.69, 9.17) is 0 Å². The summed E-state index contributed by atoms with van der Waals surface area (Å²) in [6.45, 7) is 1.97. The molecule has 0 bridgehead atoms. The summed E-state index contributed by atoms with van der Waals surface area (Å²) in [5.41, 5.74) is 1.81. The molecular weight excluding hydrogens is 685 g/mol. The number of hydrogen-bond acceptors (Lipinski definition) is 5. The summed E-state index contributed by atoms with van der Waals surface area (Å²) in [6, 6.07) is 11.6. The molecule has 0 aliphatic rings. The van der Waals surface area contributed by atoms with E-state index in [0.717, 1.165) is 28.9 Å². The van der Waals surface area contributed by atoms with Gasteiger partial charge in [-0.1, -0.05) is 12.1 Å². The van der Waals surface area contributed by atoms with E-state index >= 15 is 0 Å². The fourth-order valence-corrected chi connectivity index (χ4v) is 2.66. The van der Waals surface area contributed by atoms with Crippen molar-refractivity contribution in [3.8, 4) is 23.0 Å². The summed E-state index contributed by atoms with van der Waals surface area (Å²) in [4.78, 5) is 20.7. The first kappa shape index (κ1) is 34.6. The third-order valence-electron chi connectivity index (χ3n) is 4.49. The van der Waals surface area contributed by atoms with Crippen molar-refractivity contribution < 1.29 is 57.0 Å². The Bertz CT molecular complexity index is 1100. The number of nitrogens with zero attached hydrogens (tertiary/aromatic N) is 8. The van der Waals surface area contributed by atoms with Crippen molar-refractivity contribution in [2.24, 2.45) is 21.1 Å². The van der Waals surface area contributed by atoms with Crippen LogP contribution in [0.5, 0.6) is 0 Å². The summed E-state index contributed by atoms with van der Waals surface area (Å²) >= 11 is 0. The summed E-state index contributed by atoms with van der Waals surface area (Å²) in [7, 11) is 5.89. The van der Waals surface area contributed by atoms with Crippen molar-refractivity contribution >= 4 is 0 Å². The van der Waals surface area contributed by atoms with Gasteiger partial charge in [0.05, 0.1) is 0 Å². The van der Waals surface area contributed by atoms with Gasteiger partial charge in [0.2, 0.25) is 0 Å². The van der Waals surface area contributed by atoms with Crippen LogP contribution in [0.25, 0.3) is 23.0 Å². The van der Waals surface area contributed by atoms with E-state index in [9.17, 15) is 0 Å². The Morgan fingerprint density at radius 1 is 0.514 bits per heavy atom. The van der Waals surface area contributed by atoms with Gasteiger partial charge in [0, 0.05) is 90.5 Å². The number of pyridine rings is 2. The van der Waals surface area contributed by atoms with Crippen molar-refractivity contribution in [2.75, 3.05) is 0 Å². The summed E-state index contributed by atoms with van der Waals surface area (Å²) in [6.07, 6.45) is 14.6. The number of imidazole rings is 3. The first-order valence-corrected chi connectivity index (χ1v) is 9.77. The first-order valence-electron chi connectivity index (χ1n) is 9.77. The zero-order valence-corrected chi connectivity index (χ0v) is 24.5. The average molecular weight is 711 g/mol. The van der Waals surface area contributed by atoms with Gasteiger partial charge in [0.15, 0.2) is 11.6 Å². The minimum absolute atomic E-state index is 0. The predicted octanol–water partition coefficient (Wildman–Crippen LogP) is -5.30. The summed E-state index contributed by atoms with van der Waals surface area (Å²) in [5.74, 6) is 2.85. The maximum atomic E-state index is 4.20. The molecule has 5 heterocycles. The standard InChI is InChI=1S/2C9H9N3.C5H8N2.3ClH.Os/c2*1-12-7-6-11-9(12)8-4-2-3-5-10-8;1-5-6-3-4-7(5)2;;;;/h2*2-7H,1H3;3-4H,1-2H3;3*1H;/p-3. The Hall–Kier alpha value is -2.56. The van der Waals surface area contributed by atoms with Gasteiger partial charge in [-0.2, -0.15) is 0 Å². The van der Waals surface area contributed by atoms with E-state index in [2.05, 4.69) is 24.9 Å². The van der Waals surface area contributed by atoms with E-state index < -0.39 is 0 Å². The van der Waals surface area contributed by atoms with Crippen LogP contribution in [-0.2, 0) is 40.9 Å². The molecule has 8 nitrogen and oxygen atoms in total. The van der Waals surface area contributed by atoms with Crippen LogP contribution in [0, 0.1) is 6.92 Å². The summed E-state index contributed by atoms with van der Waals surface area (Å²) < 4.78 is 5.87. The van der Waals surface area contributed by atoms with Crippen LogP contribution in [0.2, 0.25) is 0 Å². The van der Waals surface area contributed by atoms with Gasteiger partial charge in [0.25, 0.3) is 0 Å². The van der Waals surface area contributed by atoms with Crippen molar-refractivity contribution in [3.05, 3.63) is 91.8 Å². The molecule has 5 aromatic rings. The van der Waals surface area contributed by atoms with Crippen LogP contribution in [0.15, 0.2) is 86.0 Å². The van der Waals surface area contributed by atoms with Gasteiger partial charge >= 0.3 is 0 Å². The molecule has 0 saturated heterocycles. The average Bonchev–Trinajstić information content (AvgIpc) is 3.52. The molecule has 12 heteroatoms. The van der Waals surface area contributed by atoms with E-state index in [-0.39, 0.29) is 57.0 Å². The van der Waals surface area contributed by atoms with E-state index in [0.29, 0.717) is 0 Å². The molecule has 0 spiro atoms. The topological polar surface area (TPSA) is 79.2 Å². The minimum atomic E-state index is 0. The Balaban J connectivity index is 0. The number of halogens is 3. The van der Waals surface area contributed by atoms with Gasteiger partial charge in [-0.25, -0.2) is 15.0 Å². The molecule has 0 unspecified atom stereocenters. The molecule has 0 aliphatic heterocycles. The third kappa shape index (κ3) is 10.3. The smallest absolute Gasteiger partial charge is 0.158 e. The number of aromatic nitrogens is 8. The normalized spacial score (nSPS) is 8.80. The van der Waals surface area contributed by atoms with Crippen molar-refractivity contribution in [3.63, 3.8) is 0 Å². The second-order valence-corrected chi connectivity index (χ2v) is 6.74. The Labute approximate surface area is 237 Å². The molecule has 190 valence electrons. The monoisotopic (exact) mass is 711 g/mol. The van der Waals surface area contributed by atoms with Gasteiger partial charge < -0.3 is 50.9 Å². The van der Waals surface area contributed by atoms with Crippen molar-refractivity contribution in [2.45, 2.75) is 6.92 Å². The SMILES string of the molecule is Cc1nccn1C.Cn1ccnc1-c1ccccn1.Cn1ccnc1-c1ccccn1.[Cl-].[Cl-].[Cl-].[Os]. The van der Waals surface area contributed by atoms with Gasteiger partial charge in [-0.3, -0.25) is 9.97 Å². The number of hydrogen-bond donors (Lipinski definition) is 0. The number of aryl methyl sites for hydroxylation is 4. The minimum Gasteiger partial charge on any atom is -1.00 e. The Morgan fingerprint density at radius 2 is 0.914 bits per heavy atom. The Kier molecular flexibility index (Phi) is 17.6. The maximum absolute atomic E-state index is 4.20. The largest absolute Gasteiger partial charge is 1.00 e. The molecule has 0 N–H and O–H groups in total. The van der Waals surface area contributed by atoms with Crippen LogP contribution in [0.1, 0.15) is 5.82 Å². The van der Waals surface area contributed by atoms with Crippen LogP contribution in [-0.4, -0.2) is 38.6 Å². The fourth-order valence-electron chi connectivity index (χ4n) is 2.66. The van der Waals surface area contributed by atoms with Crippen LogP contribution in [0.4, 0.5) is 0 Å². The van der Waals surface area contributed by atoms with E-state index in [1.165, 1.54) is 0 Å². The molecule has 0 radical (unpaired) electrons. The molecular formula is C23H26Cl3N8Os-3. The molecule has 5 aromatic heterocycles. The molecule has 0 aliphatic carbocycles. The number of rotatable bonds is 2. The molecule has 0 amide bonds. The molecule has 0 saturated carbocycles. The molecule has 5 rings (SSSR count). The Morgan fingerprint density at radius 3 is 1.14 bits per heavy atom. The second-order valence-electron chi connectivity index (χ2n) is 6.74. The first-order chi connectivity index (χ1) is 15.1. The van der Waals surface area contributed by atoms with Crippen LogP contribution < -0.4 is 37.2 Å². The quantitative estimate of drug-likeness (QED) is 0.183. The van der Waals surface area contributed by atoms with Gasteiger partial charge in [-0.05, 0) is 31.2 Å². The van der Waals surface area contributed by atoms with Crippen LogP contribution >= 0.6 is 0 Å². The van der Waals surface area contributed by atoms with Crippen molar-refractivity contribution in [1.29, 1.82) is 0 Å². The third-order valence-corrected chi connectivity index (χ3v) is 4.49. The molecule has 0 atom stereocenters. The van der Waals surface area contributed by atoms with Crippen molar-refractivity contribution in [1.82, 2.24) is 38.6 Å². The van der Waals surface area contributed by atoms with Gasteiger partial charge in [-0.15, -0.1) is 0 Å². The van der Waals surface area contributed by atoms with Crippen LogP contribution in [0.3, 0.4) is 0 Å². The molecule has 35 heavy (non-hydrogen) atoms. The zero-order chi connectivity index (χ0) is 22.1. The van der Waals surface area contributed by atoms with Gasteiger partial charge in [0.1, 0.15) is 17.2 Å². The zero-order valence-electron chi connectivity index (χ0n) is 19.6. The second kappa shape index (κ2) is 17.8. The fraction of sp³-hybridized carbons (Fsp3) is 0.174. The van der Waals surface area contributed by atoms with E-state index in [1.807, 2.05) is 96.8 Å². The maximum Gasteiger partial charge on any atom is 0.158 e. The molecule has 0 aromatic carbocycles.